The van der Waals surface area contributed by atoms with Crippen LogP contribution in [0.1, 0.15) is 40.9 Å². The van der Waals surface area contributed by atoms with Crippen molar-refractivity contribution >= 4 is 11.9 Å². The molecule has 0 fully saturated rings. The molecule has 0 spiro atoms. The van der Waals surface area contributed by atoms with Gasteiger partial charge in [0.15, 0.2) is 5.75 Å². The Labute approximate surface area is 124 Å². The summed E-state index contributed by atoms with van der Waals surface area (Å²) in [5.41, 5.74) is -0.224. The van der Waals surface area contributed by atoms with E-state index >= 15 is 0 Å². The Hall–Kier alpha value is -2.83. The summed E-state index contributed by atoms with van der Waals surface area (Å²) in [6.45, 7) is 1.83. The van der Waals surface area contributed by atoms with Gasteiger partial charge in [-0.2, -0.15) is 0 Å². The van der Waals surface area contributed by atoms with Crippen molar-refractivity contribution in [3.8, 4) is 5.75 Å². The van der Waals surface area contributed by atoms with Gasteiger partial charge in [0.25, 0.3) is 5.56 Å². The van der Waals surface area contributed by atoms with Gasteiger partial charge in [-0.1, -0.05) is 0 Å². The van der Waals surface area contributed by atoms with Crippen molar-refractivity contribution in [2.24, 2.45) is 0 Å². The van der Waals surface area contributed by atoms with Crippen molar-refractivity contribution in [3.63, 3.8) is 0 Å². The minimum Gasteiger partial charge on any atom is -0.469 e. The Bertz CT molecular complexity index is 774. The number of furan rings is 1. The first kappa shape index (κ1) is 14.1. The van der Waals surface area contributed by atoms with Gasteiger partial charge in [0.2, 0.25) is 0 Å². The molecule has 0 unspecified atom stereocenters. The van der Waals surface area contributed by atoms with Gasteiger partial charge in [0, 0.05) is 6.20 Å². The number of carbonyl (C=O) groups excluding carboxylic acids is 2. The fourth-order valence-corrected chi connectivity index (χ4v) is 2.47. The monoisotopic (exact) mass is 303 g/mol. The van der Waals surface area contributed by atoms with E-state index in [0.717, 1.165) is 0 Å². The van der Waals surface area contributed by atoms with Gasteiger partial charge in [-0.15, -0.1) is 0 Å². The molecule has 0 amide bonds. The number of carbonyl (C=O) groups is 2. The Balaban J connectivity index is 2.18. The molecule has 7 heteroatoms. The number of H-pyrrole nitrogens is 1. The summed E-state index contributed by atoms with van der Waals surface area (Å²) in [5, 5.41) is 0. The lowest BCUT2D eigenvalue weighted by Gasteiger charge is -2.23. The van der Waals surface area contributed by atoms with Crippen LogP contribution in [0, 0.1) is 0 Å². The summed E-state index contributed by atoms with van der Waals surface area (Å²) in [6.07, 6.45) is 2.62. The zero-order valence-corrected chi connectivity index (χ0v) is 11.8. The molecule has 1 aliphatic rings. The van der Waals surface area contributed by atoms with Gasteiger partial charge in [-0.25, -0.2) is 4.79 Å². The molecular formula is C15H13NO6. The van der Waals surface area contributed by atoms with Crippen LogP contribution in [0.25, 0.3) is 0 Å². The zero-order chi connectivity index (χ0) is 15.7. The number of rotatable bonds is 3. The van der Waals surface area contributed by atoms with Crippen molar-refractivity contribution in [1.82, 2.24) is 4.98 Å². The molecule has 1 aliphatic heterocycles. The van der Waals surface area contributed by atoms with E-state index < -0.39 is 23.4 Å². The number of aromatic nitrogens is 1. The van der Waals surface area contributed by atoms with E-state index in [-0.39, 0.29) is 29.9 Å². The summed E-state index contributed by atoms with van der Waals surface area (Å²) in [6, 6.07) is 3.34. The van der Waals surface area contributed by atoms with E-state index in [1.54, 1.807) is 19.1 Å². The van der Waals surface area contributed by atoms with E-state index in [4.69, 9.17) is 13.9 Å². The molecule has 0 aromatic carbocycles. The second-order valence-electron chi connectivity index (χ2n) is 4.74. The molecule has 2 aromatic rings. The molecule has 2 aromatic heterocycles. The number of hydrogen-bond donors (Lipinski definition) is 1. The zero-order valence-electron chi connectivity index (χ0n) is 11.8. The quantitative estimate of drug-likeness (QED) is 0.864. The molecule has 3 heterocycles. The third kappa shape index (κ3) is 2.30. The van der Waals surface area contributed by atoms with Gasteiger partial charge >= 0.3 is 11.9 Å². The van der Waals surface area contributed by atoms with E-state index in [1.807, 2.05) is 0 Å². The van der Waals surface area contributed by atoms with Crippen molar-refractivity contribution in [2.75, 3.05) is 6.61 Å². The third-order valence-electron chi connectivity index (χ3n) is 3.40. The van der Waals surface area contributed by atoms with E-state index in [9.17, 15) is 14.4 Å². The van der Waals surface area contributed by atoms with Crippen LogP contribution in [0.15, 0.2) is 33.8 Å². The Morgan fingerprint density at radius 1 is 1.45 bits per heavy atom. The smallest absolute Gasteiger partial charge is 0.343 e. The topological polar surface area (TPSA) is 98.6 Å². The van der Waals surface area contributed by atoms with Crippen molar-refractivity contribution < 1.29 is 23.5 Å². The number of esters is 2. The first-order valence-corrected chi connectivity index (χ1v) is 6.78. The number of aromatic amines is 1. The second-order valence-corrected chi connectivity index (χ2v) is 4.74. The van der Waals surface area contributed by atoms with Crippen LogP contribution in [0.4, 0.5) is 0 Å². The number of hydrogen-bond acceptors (Lipinski definition) is 6. The molecule has 114 valence electrons. The van der Waals surface area contributed by atoms with Gasteiger partial charge in [-0.3, -0.25) is 9.59 Å². The lowest BCUT2D eigenvalue weighted by atomic mass is 9.90. The molecule has 0 saturated carbocycles. The number of fused-ring (bicyclic) bond motifs is 1. The summed E-state index contributed by atoms with van der Waals surface area (Å²) in [4.78, 5) is 38.5. The summed E-state index contributed by atoms with van der Waals surface area (Å²) in [7, 11) is 0. The Morgan fingerprint density at radius 2 is 2.27 bits per heavy atom. The standard InChI is InChI=1S/C15H13NO6/c1-2-20-15(19)9-7-16-14(18)12-8(10-4-3-5-21-10)6-11(17)22-13(9)12/h3-5,7-8H,2,6H2,1H3,(H,16,18)/t8-/m1/s1. The highest BCUT2D eigenvalue weighted by molar-refractivity contribution is 5.94. The Kier molecular flexibility index (Phi) is 3.54. The van der Waals surface area contributed by atoms with E-state index in [0.29, 0.717) is 5.76 Å². The summed E-state index contributed by atoms with van der Waals surface area (Å²) >= 11 is 0. The average molecular weight is 303 g/mol. The largest absolute Gasteiger partial charge is 0.469 e. The Morgan fingerprint density at radius 3 is 2.95 bits per heavy atom. The first-order chi connectivity index (χ1) is 10.6. The molecule has 0 radical (unpaired) electrons. The maximum absolute atomic E-state index is 12.2. The van der Waals surface area contributed by atoms with Crippen molar-refractivity contribution in [1.29, 1.82) is 0 Å². The minimum atomic E-state index is -0.664. The van der Waals surface area contributed by atoms with Crippen molar-refractivity contribution in [2.45, 2.75) is 19.3 Å². The lowest BCUT2D eigenvalue weighted by molar-refractivity contribution is -0.135. The summed E-state index contributed by atoms with van der Waals surface area (Å²) in [5.74, 6) is -1.39. The van der Waals surface area contributed by atoms with Gasteiger partial charge in [-0.05, 0) is 19.1 Å². The molecule has 3 rings (SSSR count). The number of ether oxygens (including phenoxy) is 2. The number of pyridine rings is 1. The molecule has 1 N–H and O–H groups in total. The highest BCUT2D eigenvalue weighted by Crippen LogP contribution is 2.38. The number of nitrogens with one attached hydrogen (secondary N) is 1. The molecular weight excluding hydrogens is 290 g/mol. The molecule has 0 bridgehead atoms. The predicted octanol–water partition coefficient (Wildman–Crippen LogP) is 1.59. The van der Waals surface area contributed by atoms with Crippen LogP contribution in [0.2, 0.25) is 0 Å². The SMILES string of the molecule is CCOC(=O)c1c[nH]c(=O)c2c1OC(=O)C[C@@H]2c1ccco1. The molecule has 22 heavy (non-hydrogen) atoms. The summed E-state index contributed by atoms with van der Waals surface area (Å²) < 4.78 is 15.4. The third-order valence-corrected chi connectivity index (χ3v) is 3.40. The van der Waals surface area contributed by atoms with Crippen LogP contribution >= 0.6 is 0 Å². The van der Waals surface area contributed by atoms with Crippen LogP contribution < -0.4 is 10.3 Å². The van der Waals surface area contributed by atoms with Crippen LogP contribution in [-0.4, -0.2) is 23.5 Å². The minimum absolute atomic E-state index is 0.0149. The molecule has 0 aliphatic carbocycles. The van der Waals surface area contributed by atoms with Crippen LogP contribution in [0.5, 0.6) is 5.75 Å². The van der Waals surface area contributed by atoms with Gasteiger partial charge in [0.1, 0.15) is 11.3 Å². The van der Waals surface area contributed by atoms with Crippen LogP contribution in [-0.2, 0) is 9.53 Å². The normalized spacial score (nSPS) is 16.8. The van der Waals surface area contributed by atoms with E-state index in [2.05, 4.69) is 4.98 Å². The average Bonchev–Trinajstić information content (AvgIpc) is 3.00. The highest BCUT2D eigenvalue weighted by atomic mass is 16.5. The van der Waals surface area contributed by atoms with Crippen LogP contribution in [0.3, 0.4) is 0 Å². The molecule has 0 saturated heterocycles. The van der Waals surface area contributed by atoms with Crippen molar-refractivity contribution in [3.05, 3.63) is 51.8 Å². The van der Waals surface area contributed by atoms with Gasteiger partial charge in [0.05, 0.1) is 30.8 Å². The predicted molar refractivity (Wildman–Crippen MR) is 73.8 cm³/mol. The maximum Gasteiger partial charge on any atom is 0.343 e. The fourth-order valence-electron chi connectivity index (χ4n) is 2.47. The molecule has 7 nitrogen and oxygen atoms in total. The maximum atomic E-state index is 12.2. The fraction of sp³-hybridized carbons (Fsp3) is 0.267. The first-order valence-electron chi connectivity index (χ1n) is 6.78. The highest BCUT2D eigenvalue weighted by Gasteiger charge is 2.36. The lowest BCUT2D eigenvalue weighted by Crippen LogP contribution is -2.29. The molecule has 1 atom stereocenters. The van der Waals surface area contributed by atoms with E-state index in [1.165, 1.54) is 12.5 Å². The van der Waals surface area contributed by atoms with Gasteiger partial charge < -0.3 is 18.9 Å². The second kappa shape index (κ2) is 5.51.